The van der Waals surface area contributed by atoms with Crippen molar-refractivity contribution in [3.63, 3.8) is 0 Å². The molecule has 1 aliphatic carbocycles. The number of carbonyl (C=O) groups excluding carboxylic acids is 1. The molecule has 1 N–H and O–H groups in total. The zero-order valence-electron chi connectivity index (χ0n) is 13.2. The number of hydrogen-bond acceptors (Lipinski definition) is 3. The van der Waals surface area contributed by atoms with Gasteiger partial charge in [0.05, 0.1) is 6.61 Å². The van der Waals surface area contributed by atoms with E-state index in [0.29, 0.717) is 0 Å². The second kappa shape index (κ2) is 5.37. The molecule has 4 rings (SSSR count). The van der Waals surface area contributed by atoms with Gasteiger partial charge in [0.1, 0.15) is 5.75 Å². The lowest BCUT2D eigenvalue weighted by molar-refractivity contribution is 0.0944. The molecule has 0 unspecified atom stereocenters. The summed E-state index contributed by atoms with van der Waals surface area (Å²) in [6.07, 6.45) is 6.22. The Balaban J connectivity index is 1.56. The van der Waals surface area contributed by atoms with E-state index < -0.39 is 0 Å². The monoisotopic (exact) mass is 308 g/mol. The molecule has 1 fully saturated rings. The number of aryl methyl sites for hydroxylation is 1. The van der Waals surface area contributed by atoms with Crippen molar-refractivity contribution in [2.45, 2.75) is 37.6 Å². The van der Waals surface area contributed by atoms with Crippen LogP contribution in [0.5, 0.6) is 5.75 Å². The van der Waals surface area contributed by atoms with E-state index in [0.717, 1.165) is 42.7 Å². The van der Waals surface area contributed by atoms with Crippen molar-refractivity contribution in [1.29, 1.82) is 0 Å². The van der Waals surface area contributed by atoms with Gasteiger partial charge in [-0.15, -0.1) is 0 Å². The van der Waals surface area contributed by atoms with Crippen molar-refractivity contribution in [2.75, 3.05) is 6.61 Å². The Kier molecular flexibility index (Phi) is 3.33. The van der Waals surface area contributed by atoms with Gasteiger partial charge in [0.25, 0.3) is 5.91 Å². The predicted molar refractivity (Wildman–Crippen MR) is 87.7 cm³/mol. The summed E-state index contributed by atoms with van der Waals surface area (Å²) in [7, 11) is 0. The van der Waals surface area contributed by atoms with Crippen molar-refractivity contribution < 1.29 is 9.53 Å². The highest BCUT2D eigenvalue weighted by Crippen LogP contribution is 2.55. The zero-order chi connectivity index (χ0) is 15.9. The highest BCUT2D eigenvalue weighted by molar-refractivity contribution is 5.96. The number of nitrogens with zero attached hydrogens (tertiary/aromatic N) is 1. The third-order valence-corrected chi connectivity index (χ3v) is 5.14. The number of amides is 1. The first kappa shape index (κ1) is 14.2. The summed E-state index contributed by atoms with van der Waals surface area (Å²) in [6, 6.07) is 10.2. The van der Waals surface area contributed by atoms with E-state index in [1.807, 2.05) is 25.1 Å². The van der Waals surface area contributed by atoms with Gasteiger partial charge >= 0.3 is 0 Å². The van der Waals surface area contributed by atoms with Crippen molar-refractivity contribution in [2.24, 2.45) is 0 Å². The molecule has 23 heavy (non-hydrogen) atoms. The minimum Gasteiger partial charge on any atom is -0.493 e. The Bertz CT molecular complexity index is 759. The Morgan fingerprint density at radius 3 is 3.13 bits per heavy atom. The Morgan fingerprint density at radius 1 is 1.39 bits per heavy atom. The minimum atomic E-state index is 0.00935. The summed E-state index contributed by atoms with van der Waals surface area (Å²) in [5, 5.41) is 3.22. The lowest BCUT2D eigenvalue weighted by Gasteiger charge is -2.27. The lowest BCUT2D eigenvalue weighted by atomic mass is 9.89. The third kappa shape index (κ3) is 2.29. The quantitative estimate of drug-likeness (QED) is 0.948. The molecule has 2 atom stereocenters. The van der Waals surface area contributed by atoms with Gasteiger partial charge in [0, 0.05) is 35.0 Å². The van der Waals surface area contributed by atoms with Crippen LogP contribution < -0.4 is 10.1 Å². The first-order valence-corrected chi connectivity index (χ1v) is 8.20. The van der Waals surface area contributed by atoms with E-state index >= 15 is 0 Å². The van der Waals surface area contributed by atoms with Crippen LogP contribution in [0.4, 0.5) is 0 Å². The van der Waals surface area contributed by atoms with Crippen molar-refractivity contribution in [1.82, 2.24) is 10.3 Å². The van der Waals surface area contributed by atoms with Crippen LogP contribution >= 0.6 is 0 Å². The van der Waals surface area contributed by atoms with E-state index in [1.165, 1.54) is 5.56 Å². The van der Waals surface area contributed by atoms with Crippen LogP contribution in [0.1, 0.15) is 41.3 Å². The molecule has 1 amide bonds. The average molecular weight is 308 g/mol. The first-order chi connectivity index (χ1) is 11.2. The van der Waals surface area contributed by atoms with Crippen LogP contribution in [-0.2, 0) is 11.8 Å². The molecule has 0 bridgehead atoms. The lowest BCUT2D eigenvalue weighted by Crippen LogP contribution is -2.34. The van der Waals surface area contributed by atoms with Gasteiger partial charge in [-0.2, -0.15) is 0 Å². The molecule has 2 heterocycles. The van der Waals surface area contributed by atoms with Gasteiger partial charge < -0.3 is 10.1 Å². The molecule has 118 valence electrons. The number of fused-ring (bicyclic) bond motifs is 2. The van der Waals surface area contributed by atoms with E-state index in [4.69, 9.17) is 4.74 Å². The standard InChI is InChI=1S/C19H20N2O2/c1-2-13-12-20-9-7-14(13)18(22)21-17-11-19(17)8-10-23-16-6-4-3-5-15(16)19/h3-7,9,12,17H,2,8,10-11H2,1H3,(H,21,22)/t17-,19-/m1/s1. The topological polar surface area (TPSA) is 51.2 Å². The maximum absolute atomic E-state index is 12.6. The number of nitrogens with one attached hydrogen (secondary N) is 1. The second-order valence-corrected chi connectivity index (χ2v) is 6.37. The van der Waals surface area contributed by atoms with Gasteiger partial charge in [0.15, 0.2) is 0 Å². The molecule has 2 aliphatic rings. The number of aromatic nitrogens is 1. The smallest absolute Gasteiger partial charge is 0.251 e. The number of hydrogen-bond donors (Lipinski definition) is 1. The van der Waals surface area contributed by atoms with Gasteiger partial charge in [-0.25, -0.2) is 0 Å². The normalized spacial score (nSPS) is 24.7. The van der Waals surface area contributed by atoms with Gasteiger partial charge in [0.2, 0.25) is 0 Å². The van der Waals surface area contributed by atoms with Crippen LogP contribution in [0, 0.1) is 0 Å². The predicted octanol–water partition coefficient (Wildman–Crippen LogP) is 2.87. The van der Waals surface area contributed by atoms with Gasteiger partial charge in [-0.05, 0) is 37.0 Å². The van der Waals surface area contributed by atoms with E-state index in [-0.39, 0.29) is 17.4 Å². The summed E-state index contributed by atoms with van der Waals surface area (Å²) in [4.78, 5) is 16.8. The Morgan fingerprint density at radius 2 is 2.26 bits per heavy atom. The molecular formula is C19H20N2O2. The number of pyridine rings is 1. The maximum Gasteiger partial charge on any atom is 0.251 e. The van der Waals surface area contributed by atoms with Gasteiger partial charge in [-0.1, -0.05) is 25.1 Å². The molecule has 2 aromatic rings. The van der Waals surface area contributed by atoms with Crippen molar-refractivity contribution in [3.8, 4) is 5.75 Å². The Hall–Kier alpha value is -2.36. The highest BCUT2D eigenvalue weighted by atomic mass is 16.5. The van der Waals surface area contributed by atoms with E-state index in [9.17, 15) is 4.79 Å². The molecule has 1 aromatic carbocycles. The molecule has 1 aromatic heterocycles. The summed E-state index contributed by atoms with van der Waals surface area (Å²) < 4.78 is 5.75. The van der Waals surface area contributed by atoms with Crippen LogP contribution in [0.15, 0.2) is 42.7 Å². The largest absolute Gasteiger partial charge is 0.493 e. The number of ether oxygens (including phenoxy) is 1. The zero-order valence-corrected chi connectivity index (χ0v) is 13.2. The summed E-state index contributed by atoms with van der Waals surface area (Å²) in [5.41, 5.74) is 3.03. The maximum atomic E-state index is 12.6. The molecule has 0 radical (unpaired) electrons. The minimum absolute atomic E-state index is 0.00935. The average Bonchev–Trinajstić information content (AvgIpc) is 3.27. The first-order valence-electron chi connectivity index (χ1n) is 8.20. The SMILES string of the molecule is CCc1cnccc1C(=O)N[C@@H]1C[C@@]12CCOc1ccccc12. The van der Waals surface area contributed by atoms with Crippen LogP contribution in [-0.4, -0.2) is 23.5 Å². The summed E-state index contributed by atoms with van der Waals surface area (Å²) >= 11 is 0. The fraction of sp³-hybridized carbons (Fsp3) is 0.368. The van der Waals surface area contributed by atoms with Crippen LogP contribution in [0.25, 0.3) is 0 Å². The van der Waals surface area contributed by atoms with Crippen LogP contribution in [0.3, 0.4) is 0 Å². The molecule has 0 saturated heterocycles. The van der Waals surface area contributed by atoms with E-state index in [1.54, 1.807) is 18.5 Å². The number of para-hydroxylation sites is 1. The van der Waals surface area contributed by atoms with E-state index in [2.05, 4.69) is 16.4 Å². The van der Waals surface area contributed by atoms with Crippen molar-refractivity contribution in [3.05, 3.63) is 59.4 Å². The second-order valence-electron chi connectivity index (χ2n) is 6.37. The fourth-order valence-electron chi connectivity index (χ4n) is 3.72. The Labute approximate surface area is 135 Å². The number of carbonyl (C=O) groups is 1. The summed E-state index contributed by atoms with van der Waals surface area (Å²) in [6.45, 7) is 2.76. The summed E-state index contributed by atoms with van der Waals surface area (Å²) in [5.74, 6) is 0.976. The van der Waals surface area contributed by atoms with Crippen LogP contribution in [0.2, 0.25) is 0 Å². The highest BCUT2D eigenvalue weighted by Gasteiger charge is 2.58. The molecule has 4 heteroatoms. The number of benzene rings is 1. The molecule has 1 aliphatic heterocycles. The van der Waals surface area contributed by atoms with Crippen molar-refractivity contribution >= 4 is 5.91 Å². The fourth-order valence-corrected chi connectivity index (χ4v) is 3.72. The molecule has 1 spiro atoms. The molecule has 1 saturated carbocycles. The third-order valence-electron chi connectivity index (χ3n) is 5.14. The van der Waals surface area contributed by atoms with Gasteiger partial charge in [-0.3, -0.25) is 9.78 Å². The molecule has 4 nitrogen and oxygen atoms in total. The number of rotatable bonds is 3. The molecular weight excluding hydrogens is 288 g/mol.